The highest BCUT2D eigenvalue weighted by molar-refractivity contribution is 5.67. The molecule has 1 aliphatic heterocycles. The van der Waals surface area contributed by atoms with Crippen molar-refractivity contribution in [2.75, 3.05) is 6.54 Å². The smallest absolute Gasteiger partial charge is 0.305 e. The Kier molecular flexibility index (Phi) is 4.07. The summed E-state index contributed by atoms with van der Waals surface area (Å²) in [5.41, 5.74) is 5.46. The Labute approximate surface area is 89.5 Å². The quantitative estimate of drug-likeness (QED) is 0.725. The van der Waals surface area contributed by atoms with Gasteiger partial charge in [0, 0.05) is 6.42 Å². The molecule has 0 saturated carbocycles. The first-order chi connectivity index (χ1) is 6.93. The Morgan fingerprint density at radius 2 is 2.07 bits per heavy atom. The zero-order chi connectivity index (χ0) is 11.5. The fraction of sp³-hybridized carbons (Fsp3) is 0.900. The predicted octanol–water partition coefficient (Wildman–Crippen LogP) is 0.720. The Bertz CT molecular complexity index is 229. The van der Waals surface area contributed by atoms with E-state index in [1.807, 2.05) is 0 Å². The summed E-state index contributed by atoms with van der Waals surface area (Å²) < 4.78 is 11.1. The molecule has 0 amide bonds. The molecule has 5 heteroatoms. The maximum absolute atomic E-state index is 10.6. The highest BCUT2D eigenvalue weighted by atomic mass is 16.7. The summed E-state index contributed by atoms with van der Waals surface area (Å²) in [6, 6.07) is 0. The normalized spacial score (nSPS) is 30.1. The molecule has 1 unspecified atom stereocenters. The van der Waals surface area contributed by atoms with Gasteiger partial charge in [-0.1, -0.05) is 0 Å². The van der Waals surface area contributed by atoms with Crippen molar-refractivity contribution in [3.63, 3.8) is 0 Å². The van der Waals surface area contributed by atoms with Gasteiger partial charge in [0.05, 0.1) is 18.6 Å². The van der Waals surface area contributed by atoms with Crippen LogP contribution >= 0.6 is 0 Å². The molecule has 0 bridgehead atoms. The molecule has 0 aromatic carbocycles. The average molecular weight is 217 g/mol. The number of carboxylic acid groups (broad SMARTS) is 1. The molecule has 2 atom stereocenters. The van der Waals surface area contributed by atoms with Crippen molar-refractivity contribution in [1.82, 2.24) is 0 Å². The van der Waals surface area contributed by atoms with Crippen LogP contribution in [0.4, 0.5) is 0 Å². The van der Waals surface area contributed by atoms with E-state index in [-0.39, 0.29) is 18.6 Å². The molecule has 0 radical (unpaired) electrons. The van der Waals surface area contributed by atoms with E-state index in [0.717, 1.165) is 6.42 Å². The number of hydrogen-bond acceptors (Lipinski definition) is 4. The van der Waals surface area contributed by atoms with Crippen molar-refractivity contribution in [2.24, 2.45) is 5.73 Å². The molecule has 3 N–H and O–H groups in total. The van der Waals surface area contributed by atoms with E-state index in [2.05, 4.69) is 0 Å². The van der Waals surface area contributed by atoms with E-state index in [9.17, 15) is 4.79 Å². The summed E-state index contributed by atoms with van der Waals surface area (Å²) in [5.74, 6) is -1.55. The number of ether oxygens (including phenoxy) is 2. The van der Waals surface area contributed by atoms with Crippen LogP contribution in [-0.4, -0.2) is 35.6 Å². The van der Waals surface area contributed by atoms with Crippen LogP contribution in [0.1, 0.15) is 33.1 Å². The molecule has 0 aromatic rings. The molecule has 1 heterocycles. The molecule has 1 rings (SSSR count). The van der Waals surface area contributed by atoms with Crippen LogP contribution < -0.4 is 5.73 Å². The lowest BCUT2D eigenvalue weighted by Gasteiger charge is -2.40. The molecule has 0 aliphatic carbocycles. The van der Waals surface area contributed by atoms with Crippen LogP contribution in [0.2, 0.25) is 0 Å². The van der Waals surface area contributed by atoms with E-state index in [0.29, 0.717) is 13.0 Å². The summed E-state index contributed by atoms with van der Waals surface area (Å²) in [6.07, 6.45) is 1.09. The minimum Gasteiger partial charge on any atom is -0.481 e. The number of carboxylic acids is 1. The number of aliphatic carboxylic acids is 1. The standard InChI is InChI=1S/C10H19NO4/c1-10(2)14-7(3-4-11)5-8(15-10)6-9(12)13/h7-8H,3-6,11H2,1-2H3,(H,12,13)/t7?,8-/m1/s1. The zero-order valence-corrected chi connectivity index (χ0v) is 9.23. The van der Waals surface area contributed by atoms with Gasteiger partial charge in [-0.25, -0.2) is 0 Å². The topological polar surface area (TPSA) is 81.8 Å². The van der Waals surface area contributed by atoms with E-state index in [1.165, 1.54) is 0 Å². The molecule has 0 spiro atoms. The first-order valence-electron chi connectivity index (χ1n) is 5.20. The molecular weight excluding hydrogens is 198 g/mol. The van der Waals surface area contributed by atoms with Crippen LogP contribution in [0.5, 0.6) is 0 Å². The van der Waals surface area contributed by atoms with Crippen molar-refractivity contribution in [1.29, 1.82) is 0 Å². The van der Waals surface area contributed by atoms with Gasteiger partial charge in [0.25, 0.3) is 0 Å². The van der Waals surface area contributed by atoms with E-state index >= 15 is 0 Å². The van der Waals surface area contributed by atoms with Crippen LogP contribution in [0, 0.1) is 0 Å². The second kappa shape index (κ2) is 4.92. The largest absolute Gasteiger partial charge is 0.481 e. The second-order valence-electron chi connectivity index (χ2n) is 4.29. The summed E-state index contributed by atoms with van der Waals surface area (Å²) in [6.45, 7) is 4.13. The minimum atomic E-state index is -0.843. The third kappa shape index (κ3) is 4.15. The summed E-state index contributed by atoms with van der Waals surface area (Å²) in [5, 5.41) is 8.71. The van der Waals surface area contributed by atoms with Crippen molar-refractivity contribution < 1.29 is 19.4 Å². The highest BCUT2D eigenvalue weighted by Crippen LogP contribution is 2.29. The van der Waals surface area contributed by atoms with Crippen molar-refractivity contribution >= 4 is 5.97 Å². The van der Waals surface area contributed by atoms with E-state index in [4.69, 9.17) is 20.3 Å². The molecule has 0 aromatic heterocycles. The lowest BCUT2D eigenvalue weighted by atomic mass is 10.0. The van der Waals surface area contributed by atoms with Crippen LogP contribution in [0.3, 0.4) is 0 Å². The maximum atomic E-state index is 10.6. The highest BCUT2D eigenvalue weighted by Gasteiger charge is 2.35. The molecule has 1 saturated heterocycles. The number of hydrogen-bond donors (Lipinski definition) is 2. The minimum absolute atomic E-state index is 0.00287. The Morgan fingerprint density at radius 1 is 1.47 bits per heavy atom. The van der Waals surface area contributed by atoms with Gasteiger partial charge in [-0.2, -0.15) is 0 Å². The molecule has 15 heavy (non-hydrogen) atoms. The fourth-order valence-electron chi connectivity index (χ4n) is 1.90. The first-order valence-corrected chi connectivity index (χ1v) is 5.20. The van der Waals surface area contributed by atoms with Crippen LogP contribution in [0.25, 0.3) is 0 Å². The Morgan fingerprint density at radius 3 is 2.60 bits per heavy atom. The van der Waals surface area contributed by atoms with Gasteiger partial charge in [0.1, 0.15) is 0 Å². The SMILES string of the molecule is CC1(C)OC(CCN)C[C@H](CC(=O)O)O1. The van der Waals surface area contributed by atoms with Gasteiger partial charge in [-0.3, -0.25) is 4.79 Å². The molecule has 88 valence electrons. The number of nitrogens with two attached hydrogens (primary N) is 1. The third-order valence-corrected chi connectivity index (χ3v) is 2.32. The molecule has 1 aliphatic rings. The molecular formula is C10H19NO4. The monoisotopic (exact) mass is 217 g/mol. The van der Waals surface area contributed by atoms with E-state index < -0.39 is 11.8 Å². The van der Waals surface area contributed by atoms with Gasteiger partial charge in [0.2, 0.25) is 0 Å². The van der Waals surface area contributed by atoms with E-state index in [1.54, 1.807) is 13.8 Å². The van der Waals surface area contributed by atoms with Crippen molar-refractivity contribution in [2.45, 2.75) is 51.1 Å². The number of carbonyl (C=O) groups is 1. The fourth-order valence-corrected chi connectivity index (χ4v) is 1.90. The van der Waals surface area contributed by atoms with Gasteiger partial charge in [0.15, 0.2) is 5.79 Å². The zero-order valence-electron chi connectivity index (χ0n) is 9.23. The Balaban J connectivity index is 2.55. The predicted molar refractivity (Wildman–Crippen MR) is 54.4 cm³/mol. The summed E-state index contributed by atoms with van der Waals surface area (Å²) in [7, 11) is 0. The number of rotatable bonds is 4. The first kappa shape index (κ1) is 12.4. The van der Waals surface area contributed by atoms with Gasteiger partial charge in [-0.15, -0.1) is 0 Å². The average Bonchev–Trinajstić information content (AvgIpc) is 1.99. The van der Waals surface area contributed by atoms with Crippen molar-refractivity contribution in [3.8, 4) is 0 Å². The third-order valence-electron chi connectivity index (χ3n) is 2.32. The lowest BCUT2D eigenvalue weighted by Crippen LogP contribution is -2.45. The van der Waals surface area contributed by atoms with Gasteiger partial charge in [-0.05, 0) is 26.8 Å². The second-order valence-corrected chi connectivity index (χ2v) is 4.29. The molecule has 1 fully saturated rings. The van der Waals surface area contributed by atoms with Crippen LogP contribution in [-0.2, 0) is 14.3 Å². The van der Waals surface area contributed by atoms with Crippen LogP contribution in [0.15, 0.2) is 0 Å². The van der Waals surface area contributed by atoms with Crippen molar-refractivity contribution in [3.05, 3.63) is 0 Å². The molecule has 5 nitrogen and oxygen atoms in total. The van der Waals surface area contributed by atoms with Gasteiger partial charge >= 0.3 is 5.97 Å². The summed E-state index contributed by atoms with van der Waals surface area (Å²) in [4.78, 5) is 10.6. The van der Waals surface area contributed by atoms with Gasteiger partial charge < -0.3 is 20.3 Å². The maximum Gasteiger partial charge on any atom is 0.305 e. The lowest BCUT2D eigenvalue weighted by molar-refractivity contribution is -0.300. The Hall–Kier alpha value is -0.650. The summed E-state index contributed by atoms with van der Waals surface area (Å²) >= 11 is 0.